The lowest BCUT2D eigenvalue weighted by molar-refractivity contribution is 0.354. The molecule has 0 aliphatic carbocycles. The lowest BCUT2D eigenvalue weighted by Crippen LogP contribution is -2.25. The minimum absolute atomic E-state index is 0.144. The number of hydrogen-bond donors (Lipinski definition) is 1. The first-order chi connectivity index (χ1) is 11.0. The van der Waals surface area contributed by atoms with E-state index in [0.717, 1.165) is 5.69 Å². The fourth-order valence-electron chi connectivity index (χ4n) is 2.10. The van der Waals surface area contributed by atoms with Crippen molar-refractivity contribution in [2.75, 3.05) is 20.8 Å². The molecule has 1 aromatic heterocycles. The zero-order valence-corrected chi connectivity index (χ0v) is 14.3. The summed E-state index contributed by atoms with van der Waals surface area (Å²) >= 11 is 0. The van der Waals surface area contributed by atoms with Crippen LogP contribution in [0.1, 0.15) is 12.1 Å². The first-order valence-electron chi connectivity index (χ1n) is 7.18. The number of sulfonamides is 1. The molecule has 2 rings (SSSR count). The van der Waals surface area contributed by atoms with Crippen LogP contribution in [0.15, 0.2) is 35.4 Å². The Morgan fingerprint density at radius 2 is 1.91 bits per heavy atom. The smallest absolute Gasteiger partial charge is 0.240 e. The van der Waals surface area contributed by atoms with Crippen molar-refractivity contribution in [1.29, 1.82) is 0 Å². The number of methoxy groups -OCH3 is 2. The summed E-state index contributed by atoms with van der Waals surface area (Å²) in [6, 6.07) is 6.41. The molecule has 0 aliphatic rings. The van der Waals surface area contributed by atoms with Gasteiger partial charge >= 0.3 is 0 Å². The number of benzene rings is 1. The number of rotatable bonds is 8. The Hall–Kier alpha value is -2.06. The van der Waals surface area contributed by atoms with Crippen LogP contribution in [-0.4, -0.2) is 39.0 Å². The fraction of sp³-hybridized carbons (Fsp3) is 0.400. The van der Waals surface area contributed by atoms with E-state index in [1.807, 2.05) is 19.2 Å². The van der Waals surface area contributed by atoms with E-state index in [9.17, 15) is 8.42 Å². The Morgan fingerprint density at radius 3 is 2.52 bits per heavy atom. The minimum atomic E-state index is -3.58. The van der Waals surface area contributed by atoms with E-state index < -0.39 is 10.0 Å². The SMILES string of the molecule is COc1ccc(S(=O)(=O)NCCCn2ccc(C)n2)cc1OC. The van der Waals surface area contributed by atoms with E-state index in [-0.39, 0.29) is 4.90 Å². The molecule has 1 heterocycles. The summed E-state index contributed by atoms with van der Waals surface area (Å²) in [7, 11) is -0.615. The zero-order chi connectivity index (χ0) is 16.9. The lowest BCUT2D eigenvalue weighted by atomic mass is 10.3. The van der Waals surface area contributed by atoms with E-state index in [2.05, 4.69) is 9.82 Å². The summed E-state index contributed by atoms with van der Waals surface area (Å²) in [6.45, 7) is 2.90. The summed E-state index contributed by atoms with van der Waals surface area (Å²) in [4.78, 5) is 0.144. The van der Waals surface area contributed by atoms with Crippen molar-refractivity contribution in [3.8, 4) is 11.5 Å². The van der Waals surface area contributed by atoms with Crippen LogP contribution in [0.5, 0.6) is 11.5 Å². The monoisotopic (exact) mass is 339 g/mol. The van der Waals surface area contributed by atoms with E-state index in [1.54, 1.807) is 10.7 Å². The van der Waals surface area contributed by atoms with Gasteiger partial charge in [-0.25, -0.2) is 13.1 Å². The average Bonchev–Trinajstić information content (AvgIpc) is 2.96. The van der Waals surface area contributed by atoms with Crippen LogP contribution in [0.25, 0.3) is 0 Å². The molecule has 8 heteroatoms. The van der Waals surface area contributed by atoms with Gasteiger partial charge in [-0.15, -0.1) is 0 Å². The van der Waals surface area contributed by atoms with E-state index >= 15 is 0 Å². The van der Waals surface area contributed by atoms with Crippen molar-refractivity contribution in [3.05, 3.63) is 36.2 Å². The van der Waals surface area contributed by atoms with Gasteiger partial charge in [0.1, 0.15) is 0 Å². The summed E-state index contributed by atoms with van der Waals surface area (Å²) in [6.07, 6.45) is 2.52. The highest BCUT2D eigenvalue weighted by Crippen LogP contribution is 2.29. The van der Waals surface area contributed by atoms with Crippen LogP contribution in [0.2, 0.25) is 0 Å². The Balaban J connectivity index is 1.96. The van der Waals surface area contributed by atoms with Crippen LogP contribution in [-0.2, 0) is 16.6 Å². The van der Waals surface area contributed by atoms with Crippen LogP contribution in [0.3, 0.4) is 0 Å². The number of hydrogen-bond acceptors (Lipinski definition) is 5. The first-order valence-corrected chi connectivity index (χ1v) is 8.66. The standard InChI is InChI=1S/C15H21N3O4S/c1-12-7-10-18(17-12)9-4-8-16-23(19,20)13-5-6-14(21-2)15(11-13)22-3/h5-7,10-11,16H,4,8-9H2,1-3H3. The molecule has 0 radical (unpaired) electrons. The van der Waals surface area contributed by atoms with E-state index in [0.29, 0.717) is 31.0 Å². The molecule has 0 unspecified atom stereocenters. The molecule has 0 bridgehead atoms. The molecule has 0 fully saturated rings. The quantitative estimate of drug-likeness (QED) is 0.738. The first kappa shape index (κ1) is 17.3. The Morgan fingerprint density at radius 1 is 1.17 bits per heavy atom. The van der Waals surface area contributed by atoms with Crippen molar-refractivity contribution in [2.24, 2.45) is 0 Å². The third-order valence-corrected chi connectivity index (χ3v) is 4.75. The largest absolute Gasteiger partial charge is 0.493 e. The van der Waals surface area contributed by atoms with Crippen molar-refractivity contribution >= 4 is 10.0 Å². The molecule has 1 N–H and O–H groups in total. The van der Waals surface area contributed by atoms with Crippen LogP contribution in [0, 0.1) is 6.92 Å². The molecular weight excluding hydrogens is 318 g/mol. The van der Waals surface area contributed by atoms with Gasteiger partial charge in [0.2, 0.25) is 10.0 Å². The maximum Gasteiger partial charge on any atom is 0.240 e. The highest BCUT2D eigenvalue weighted by atomic mass is 32.2. The molecule has 0 amide bonds. The highest BCUT2D eigenvalue weighted by molar-refractivity contribution is 7.89. The summed E-state index contributed by atoms with van der Waals surface area (Å²) in [5.41, 5.74) is 0.941. The Bertz CT molecular complexity index is 756. The lowest BCUT2D eigenvalue weighted by Gasteiger charge is -2.11. The summed E-state index contributed by atoms with van der Waals surface area (Å²) in [5, 5.41) is 4.25. The average molecular weight is 339 g/mol. The van der Waals surface area contributed by atoms with Gasteiger partial charge in [0.25, 0.3) is 0 Å². The Labute approximate surface area is 136 Å². The molecule has 7 nitrogen and oxygen atoms in total. The summed E-state index contributed by atoms with van der Waals surface area (Å²) < 4.78 is 39.2. The van der Waals surface area contributed by atoms with Gasteiger partial charge in [-0.1, -0.05) is 0 Å². The van der Waals surface area contributed by atoms with Crippen molar-refractivity contribution in [1.82, 2.24) is 14.5 Å². The predicted molar refractivity (Wildman–Crippen MR) is 86.3 cm³/mol. The van der Waals surface area contributed by atoms with Gasteiger partial charge in [0.05, 0.1) is 24.8 Å². The van der Waals surface area contributed by atoms with Crippen molar-refractivity contribution in [2.45, 2.75) is 24.8 Å². The number of nitrogens with one attached hydrogen (secondary N) is 1. The molecule has 23 heavy (non-hydrogen) atoms. The van der Waals surface area contributed by atoms with Crippen LogP contribution >= 0.6 is 0 Å². The topological polar surface area (TPSA) is 82.5 Å². The fourth-order valence-corrected chi connectivity index (χ4v) is 3.19. The molecule has 0 spiro atoms. The van der Waals surface area contributed by atoms with Gasteiger partial charge in [-0.05, 0) is 31.5 Å². The van der Waals surface area contributed by atoms with Crippen LogP contribution in [0.4, 0.5) is 0 Å². The Kier molecular flexibility index (Phi) is 5.62. The normalized spacial score (nSPS) is 11.4. The third kappa shape index (κ3) is 4.46. The molecule has 126 valence electrons. The van der Waals surface area contributed by atoms with Gasteiger partial charge < -0.3 is 9.47 Å². The van der Waals surface area contributed by atoms with Crippen molar-refractivity contribution in [3.63, 3.8) is 0 Å². The second-order valence-corrected chi connectivity index (χ2v) is 6.76. The third-order valence-electron chi connectivity index (χ3n) is 3.30. The second-order valence-electron chi connectivity index (χ2n) is 4.99. The zero-order valence-electron chi connectivity index (χ0n) is 13.4. The number of ether oxygens (including phenoxy) is 2. The van der Waals surface area contributed by atoms with Gasteiger partial charge in [-0.2, -0.15) is 5.10 Å². The maximum atomic E-state index is 12.3. The van der Waals surface area contributed by atoms with E-state index in [1.165, 1.54) is 26.4 Å². The second kappa shape index (κ2) is 7.47. The van der Waals surface area contributed by atoms with Gasteiger partial charge in [-0.3, -0.25) is 4.68 Å². The van der Waals surface area contributed by atoms with Gasteiger partial charge in [0.15, 0.2) is 11.5 Å². The minimum Gasteiger partial charge on any atom is -0.493 e. The predicted octanol–water partition coefficient (Wildman–Crippen LogP) is 1.58. The van der Waals surface area contributed by atoms with Gasteiger partial charge in [0, 0.05) is 25.4 Å². The summed E-state index contributed by atoms with van der Waals surface area (Å²) in [5.74, 6) is 0.864. The number of nitrogens with zero attached hydrogens (tertiary/aromatic N) is 2. The number of aromatic nitrogens is 2. The molecule has 2 aromatic rings. The van der Waals surface area contributed by atoms with Crippen LogP contribution < -0.4 is 14.2 Å². The molecule has 0 saturated heterocycles. The molecule has 1 aromatic carbocycles. The molecular formula is C15H21N3O4S. The maximum absolute atomic E-state index is 12.3. The highest BCUT2D eigenvalue weighted by Gasteiger charge is 2.16. The van der Waals surface area contributed by atoms with Crippen molar-refractivity contribution < 1.29 is 17.9 Å². The number of aryl methyl sites for hydroxylation is 2. The molecule has 0 aliphatic heterocycles. The molecule has 0 saturated carbocycles. The van der Waals surface area contributed by atoms with E-state index in [4.69, 9.17) is 9.47 Å². The molecule has 0 atom stereocenters.